The molecule has 0 aliphatic heterocycles. The summed E-state index contributed by atoms with van der Waals surface area (Å²) in [4.78, 5) is 13.1. The highest BCUT2D eigenvalue weighted by Crippen LogP contribution is 2.27. The van der Waals surface area contributed by atoms with Gasteiger partial charge in [-0.1, -0.05) is 23.7 Å². The molecule has 0 radical (unpaired) electrons. The van der Waals surface area contributed by atoms with Crippen LogP contribution < -0.4 is 5.32 Å². The number of nitrogens with zero attached hydrogens (tertiary/aromatic N) is 3. The quantitative estimate of drug-likeness (QED) is 0.725. The first-order valence-corrected chi connectivity index (χ1v) is 6.23. The predicted molar refractivity (Wildman–Crippen MR) is 77.3 cm³/mol. The standard InChI is InChI=1S/C14H11ClN4/c1-16-13-9-5-2-3-7-11(9)18-14(19-13)10-6-4-8-17-12(10)15/h2-8H,1H3,(H,16,18,19). The van der Waals surface area contributed by atoms with Crippen molar-refractivity contribution in [3.8, 4) is 11.4 Å². The number of pyridine rings is 1. The van der Waals surface area contributed by atoms with Gasteiger partial charge in [0.25, 0.3) is 0 Å². The van der Waals surface area contributed by atoms with E-state index in [0.717, 1.165) is 22.3 Å². The van der Waals surface area contributed by atoms with E-state index >= 15 is 0 Å². The molecule has 19 heavy (non-hydrogen) atoms. The Hall–Kier alpha value is -2.20. The summed E-state index contributed by atoms with van der Waals surface area (Å²) in [5, 5.41) is 4.47. The smallest absolute Gasteiger partial charge is 0.165 e. The van der Waals surface area contributed by atoms with Gasteiger partial charge in [0.1, 0.15) is 11.0 Å². The van der Waals surface area contributed by atoms with Crippen molar-refractivity contribution in [2.24, 2.45) is 0 Å². The molecule has 0 unspecified atom stereocenters. The van der Waals surface area contributed by atoms with Gasteiger partial charge in [0, 0.05) is 18.6 Å². The Balaban J connectivity index is 2.29. The summed E-state index contributed by atoms with van der Waals surface area (Å²) < 4.78 is 0. The molecular formula is C14H11ClN4. The van der Waals surface area contributed by atoms with Gasteiger partial charge < -0.3 is 5.32 Å². The fraction of sp³-hybridized carbons (Fsp3) is 0.0714. The summed E-state index contributed by atoms with van der Waals surface area (Å²) in [6, 6.07) is 11.5. The Morgan fingerprint density at radius 2 is 1.89 bits per heavy atom. The molecule has 0 spiro atoms. The van der Waals surface area contributed by atoms with Crippen LogP contribution in [0.15, 0.2) is 42.6 Å². The van der Waals surface area contributed by atoms with Crippen LogP contribution in [-0.4, -0.2) is 22.0 Å². The van der Waals surface area contributed by atoms with Crippen LogP contribution >= 0.6 is 11.6 Å². The molecule has 1 N–H and O–H groups in total. The van der Waals surface area contributed by atoms with E-state index < -0.39 is 0 Å². The molecule has 0 saturated carbocycles. The number of nitrogens with one attached hydrogen (secondary N) is 1. The van der Waals surface area contributed by atoms with Crippen LogP contribution in [0.2, 0.25) is 5.15 Å². The normalized spacial score (nSPS) is 10.6. The fourth-order valence-electron chi connectivity index (χ4n) is 1.94. The zero-order chi connectivity index (χ0) is 13.2. The third-order valence-electron chi connectivity index (χ3n) is 2.84. The van der Waals surface area contributed by atoms with Crippen molar-refractivity contribution >= 4 is 28.3 Å². The number of rotatable bonds is 2. The van der Waals surface area contributed by atoms with Crippen molar-refractivity contribution in [2.45, 2.75) is 0 Å². The molecule has 3 aromatic rings. The molecule has 0 bridgehead atoms. The van der Waals surface area contributed by atoms with Crippen molar-refractivity contribution in [1.29, 1.82) is 0 Å². The number of halogens is 1. The summed E-state index contributed by atoms with van der Waals surface area (Å²) in [5.41, 5.74) is 1.60. The Kier molecular flexibility index (Phi) is 3.01. The van der Waals surface area contributed by atoms with Gasteiger partial charge in [-0.25, -0.2) is 15.0 Å². The van der Waals surface area contributed by atoms with Crippen molar-refractivity contribution in [2.75, 3.05) is 12.4 Å². The maximum absolute atomic E-state index is 6.09. The van der Waals surface area contributed by atoms with Crippen LogP contribution in [0.5, 0.6) is 0 Å². The summed E-state index contributed by atoms with van der Waals surface area (Å²) >= 11 is 6.09. The van der Waals surface area contributed by atoms with E-state index in [0.29, 0.717) is 11.0 Å². The highest BCUT2D eigenvalue weighted by atomic mass is 35.5. The van der Waals surface area contributed by atoms with Gasteiger partial charge in [-0.3, -0.25) is 0 Å². The molecule has 0 aliphatic carbocycles. The van der Waals surface area contributed by atoms with Crippen LogP contribution in [0.4, 0.5) is 5.82 Å². The van der Waals surface area contributed by atoms with Gasteiger partial charge in [0.05, 0.1) is 11.1 Å². The molecule has 0 saturated heterocycles. The number of anilines is 1. The van der Waals surface area contributed by atoms with E-state index in [2.05, 4.69) is 20.3 Å². The van der Waals surface area contributed by atoms with Gasteiger partial charge in [-0.15, -0.1) is 0 Å². The van der Waals surface area contributed by atoms with E-state index in [1.54, 1.807) is 6.20 Å². The topological polar surface area (TPSA) is 50.7 Å². The zero-order valence-corrected chi connectivity index (χ0v) is 11.0. The van der Waals surface area contributed by atoms with E-state index in [4.69, 9.17) is 11.6 Å². The third-order valence-corrected chi connectivity index (χ3v) is 3.14. The minimum atomic E-state index is 0.403. The first kappa shape index (κ1) is 11.9. The zero-order valence-electron chi connectivity index (χ0n) is 10.3. The Bertz CT molecular complexity index is 742. The minimum Gasteiger partial charge on any atom is -0.373 e. The van der Waals surface area contributed by atoms with Crippen LogP contribution in [0.25, 0.3) is 22.3 Å². The molecule has 0 aliphatic rings. The Morgan fingerprint density at radius 1 is 1.05 bits per heavy atom. The summed E-state index contributed by atoms with van der Waals surface area (Å²) in [6.45, 7) is 0. The molecule has 0 amide bonds. The molecule has 3 rings (SSSR count). The van der Waals surface area contributed by atoms with E-state index in [-0.39, 0.29) is 0 Å². The fourth-order valence-corrected chi connectivity index (χ4v) is 2.14. The molecule has 5 heteroatoms. The Morgan fingerprint density at radius 3 is 2.68 bits per heavy atom. The third kappa shape index (κ3) is 2.11. The van der Waals surface area contributed by atoms with Crippen LogP contribution in [-0.2, 0) is 0 Å². The summed E-state index contributed by atoms with van der Waals surface area (Å²) in [5.74, 6) is 1.35. The Labute approximate surface area is 115 Å². The average molecular weight is 271 g/mol. The number of benzene rings is 1. The number of para-hydroxylation sites is 1. The number of hydrogen-bond donors (Lipinski definition) is 1. The minimum absolute atomic E-state index is 0.403. The maximum Gasteiger partial charge on any atom is 0.165 e. The molecule has 0 atom stereocenters. The first-order chi connectivity index (χ1) is 9.29. The second kappa shape index (κ2) is 4.82. The molecule has 0 fully saturated rings. The SMILES string of the molecule is CNc1nc(-c2cccnc2Cl)nc2ccccc12. The highest BCUT2D eigenvalue weighted by Gasteiger charge is 2.11. The van der Waals surface area contributed by atoms with E-state index in [9.17, 15) is 0 Å². The molecule has 94 valence electrons. The molecule has 4 nitrogen and oxygen atoms in total. The monoisotopic (exact) mass is 270 g/mol. The molecular weight excluding hydrogens is 260 g/mol. The first-order valence-electron chi connectivity index (χ1n) is 5.85. The van der Waals surface area contributed by atoms with Crippen LogP contribution in [0, 0.1) is 0 Å². The summed E-state index contributed by atoms with van der Waals surface area (Å²) in [6.07, 6.45) is 1.64. The second-order valence-corrected chi connectivity index (χ2v) is 4.36. The molecule has 2 heterocycles. The van der Waals surface area contributed by atoms with Crippen LogP contribution in [0.1, 0.15) is 0 Å². The average Bonchev–Trinajstić information content (AvgIpc) is 2.46. The number of aromatic nitrogens is 3. The van der Waals surface area contributed by atoms with Gasteiger partial charge >= 0.3 is 0 Å². The molecule has 1 aromatic carbocycles. The van der Waals surface area contributed by atoms with Gasteiger partial charge in [-0.2, -0.15) is 0 Å². The van der Waals surface area contributed by atoms with Gasteiger partial charge in [-0.05, 0) is 24.3 Å². The van der Waals surface area contributed by atoms with E-state index in [1.165, 1.54) is 0 Å². The lowest BCUT2D eigenvalue weighted by Gasteiger charge is -2.08. The molecule has 2 aromatic heterocycles. The lowest BCUT2D eigenvalue weighted by atomic mass is 10.2. The lowest BCUT2D eigenvalue weighted by molar-refractivity contribution is 1.20. The highest BCUT2D eigenvalue weighted by molar-refractivity contribution is 6.31. The lowest BCUT2D eigenvalue weighted by Crippen LogP contribution is -1.99. The van der Waals surface area contributed by atoms with Gasteiger partial charge in [0.2, 0.25) is 0 Å². The van der Waals surface area contributed by atoms with Crippen molar-refractivity contribution in [3.63, 3.8) is 0 Å². The van der Waals surface area contributed by atoms with Crippen molar-refractivity contribution in [3.05, 3.63) is 47.7 Å². The summed E-state index contributed by atoms with van der Waals surface area (Å²) in [7, 11) is 1.84. The largest absolute Gasteiger partial charge is 0.373 e. The van der Waals surface area contributed by atoms with Crippen molar-refractivity contribution in [1.82, 2.24) is 15.0 Å². The predicted octanol–water partition coefficient (Wildman–Crippen LogP) is 3.39. The van der Waals surface area contributed by atoms with Crippen LogP contribution in [0.3, 0.4) is 0 Å². The van der Waals surface area contributed by atoms with E-state index in [1.807, 2.05) is 43.4 Å². The van der Waals surface area contributed by atoms with Crippen molar-refractivity contribution < 1.29 is 0 Å². The number of hydrogen-bond acceptors (Lipinski definition) is 4. The number of fused-ring (bicyclic) bond motifs is 1. The van der Waals surface area contributed by atoms with Gasteiger partial charge in [0.15, 0.2) is 5.82 Å². The maximum atomic E-state index is 6.09. The second-order valence-electron chi connectivity index (χ2n) is 4.00.